The molecular formula is C13H13N5O3S. The first kappa shape index (κ1) is 14.4. The van der Waals surface area contributed by atoms with Gasteiger partial charge >= 0.3 is 0 Å². The molecule has 114 valence electrons. The van der Waals surface area contributed by atoms with Gasteiger partial charge in [-0.3, -0.25) is 14.9 Å². The lowest BCUT2D eigenvalue weighted by Gasteiger charge is -2.16. The lowest BCUT2D eigenvalue weighted by atomic mass is 10.2. The van der Waals surface area contributed by atoms with E-state index in [1.807, 2.05) is 0 Å². The number of thiazole rings is 1. The van der Waals surface area contributed by atoms with Crippen molar-refractivity contribution in [3.8, 4) is 0 Å². The average molecular weight is 319 g/mol. The number of likely N-dealkylation sites (tertiary alicyclic amines) is 1. The van der Waals surface area contributed by atoms with E-state index in [-0.39, 0.29) is 17.6 Å². The van der Waals surface area contributed by atoms with E-state index in [4.69, 9.17) is 0 Å². The van der Waals surface area contributed by atoms with Crippen LogP contribution >= 0.6 is 11.3 Å². The number of rotatable bonds is 4. The van der Waals surface area contributed by atoms with E-state index >= 15 is 0 Å². The van der Waals surface area contributed by atoms with Crippen LogP contribution in [0.4, 0.5) is 11.5 Å². The summed E-state index contributed by atoms with van der Waals surface area (Å²) in [4.78, 5) is 32.1. The Hall–Kier alpha value is -2.55. The summed E-state index contributed by atoms with van der Waals surface area (Å²) in [6.07, 6.45) is 2.02. The van der Waals surface area contributed by atoms with Crippen LogP contribution in [0.5, 0.6) is 0 Å². The summed E-state index contributed by atoms with van der Waals surface area (Å²) < 4.78 is 0. The first-order chi connectivity index (χ1) is 10.6. The van der Waals surface area contributed by atoms with Crippen molar-refractivity contribution in [2.24, 2.45) is 0 Å². The highest BCUT2D eigenvalue weighted by Crippen LogP contribution is 2.18. The third kappa shape index (κ3) is 3.03. The Bertz CT molecular complexity index is 673. The Morgan fingerprint density at radius 1 is 1.45 bits per heavy atom. The van der Waals surface area contributed by atoms with Gasteiger partial charge in [0.15, 0.2) is 0 Å². The van der Waals surface area contributed by atoms with Gasteiger partial charge in [-0.05, 0) is 12.5 Å². The second kappa shape index (κ2) is 6.06. The van der Waals surface area contributed by atoms with Gasteiger partial charge in [0.2, 0.25) is 0 Å². The van der Waals surface area contributed by atoms with E-state index < -0.39 is 4.92 Å². The molecule has 0 bridgehead atoms. The van der Waals surface area contributed by atoms with Gasteiger partial charge in [-0.2, -0.15) is 0 Å². The predicted molar refractivity (Wildman–Crippen MR) is 80.9 cm³/mol. The summed E-state index contributed by atoms with van der Waals surface area (Å²) in [7, 11) is 0. The maximum Gasteiger partial charge on any atom is 0.287 e. The van der Waals surface area contributed by atoms with Crippen molar-refractivity contribution in [1.29, 1.82) is 0 Å². The molecule has 1 unspecified atom stereocenters. The highest BCUT2D eigenvalue weighted by atomic mass is 32.1. The topological polar surface area (TPSA) is 101 Å². The Morgan fingerprint density at radius 3 is 2.95 bits per heavy atom. The molecule has 0 radical (unpaired) electrons. The number of carbonyl (C=O) groups excluding carboxylic acids is 1. The molecule has 3 rings (SSSR count). The molecule has 1 saturated heterocycles. The quantitative estimate of drug-likeness (QED) is 0.681. The van der Waals surface area contributed by atoms with E-state index in [9.17, 15) is 14.9 Å². The summed E-state index contributed by atoms with van der Waals surface area (Å²) in [5, 5.41) is 15.5. The number of nitro groups is 1. The second-order valence-corrected chi connectivity index (χ2v) is 5.63. The average Bonchev–Trinajstić information content (AvgIpc) is 3.19. The van der Waals surface area contributed by atoms with Gasteiger partial charge in [-0.25, -0.2) is 9.97 Å². The minimum absolute atomic E-state index is 0.0442. The van der Waals surface area contributed by atoms with Crippen LogP contribution in [0.1, 0.15) is 16.9 Å². The van der Waals surface area contributed by atoms with Crippen molar-refractivity contribution in [3.05, 3.63) is 45.0 Å². The SMILES string of the molecule is O=C(c1cscn1)N1CCC(Nc2ccc([N+](=O)[O-])cn2)C1. The van der Waals surface area contributed by atoms with Gasteiger partial charge in [0.1, 0.15) is 17.7 Å². The molecule has 2 aromatic heterocycles. The highest BCUT2D eigenvalue weighted by Gasteiger charge is 2.28. The molecule has 0 aliphatic carbocycles. The molecule has 1 amide bonds. The van der Waals surface area contributed by atoms with Gasteiger partial charge < -0.3 is 10.2 Å². The van der Waals surface area contributed by atoms with Crippen LogP contribution in [-0.2, 0) is 0 Å². The Kier molecular flexibility index (Phi) is 3.96. The third-order valence-electron chi connectivity index (χ3n) is 3.44. The maximum atomic E-state index is 12.2. The number of aromatic nitrogens is 2. The van der Waals surface area contributed by atoms with Gasteiger partial charge in [-0.1, -0.05) is 0 Å². The minimum atomic E-state index is -0.486. The molecule has 1 aliphatic heterocycles. The Morgan fingerprint density at radius 2 is 2.32 bits per heavy atom. The molecule has 3 heterocycles. The molecule has 0 spiro atoms. The summed E-state index contributed by atoms with van der Waals surface area (Å²) in [5.74, 6) is 0.501. The zero-order valence-electron chi connectivity index (χ0n) is 11.5. The van der Waals surface area contributed by atoms with E-state index in [2.05, 4.69) is 15.3 Å². The molecule has 1 fully saturated rings. The fourth-order valence-electron chi connectivity index (χ4n) is 2.33. The van der Waals surface area contributed by atoms with Crippen molar-refractivity contribution < 1.29 is 9.72 Å². The molecule has 9 heteroatoms. The molecule has 0 saturated carbocycles. The van der Waals surface area contributed by atoms with Crippen molar-refractivity contribution in [1.82, 2.24) is 14.9 Å². The monoisotopic (exact) mass is 319 g/mol. The smallest absolute Gasteiger partial charge is 0.287 e. The molecule has 1 aliphatic rings. The highest BCUT2D eigenvalue weighted by molar-refractivity contribution is 7.07. The van der Waals surface area contributed by atoms with Crippen LogP contribution in [0.2, 0.25) is 0 Å². The maximum absolute atomic E-state index is 12.2. The Labute approximate surface area is 130 Å². The molecule has 1 atom stereocenters. The van der Waals surface area contributed by atoms with Crippen molar-refractivity contribution in [2.45, 2.75) is 12.5 Å². The third-order valence-corrected chi connectivity index (χ3v) is 4.02. The number of anilines is 1. The largest absolute Gasteiger partial charge is 0.365 e. The van der Waals surface area contributed by atoms with Crippen LogP contribution in [-0.4, -0.2) is 44.8 Å². The zero-order valence-corrected chi connectivity index (χ0v) is 12.3. The molecule has 8 nitrogen and oxygen atoms in total. The van der Waals surface area contributed by atoms with Crippen LogP contribution in [0, 0.1) is 10.1 Å². The number of carbonyl (C=O) groups is 1. The molecule has 22 heavy (non-hydrogen) atoms. The first-order valence-corrected chi connectivity index (χ1v) is 7.62. The second-order valence-electron chi connectivity index (χ2n) is 4.91. The number of nitrogens with zero attached hydrogens (tertiary/aromatic N) is 4. The fourth-order valence-corrected chi connectivity index (χ4v) is 2.86. The van der Waals surface area contributed by atoms with Gasteiger partial charge in [0.05, 0.1) is 10.4 Å². The molecule has 0 aromatic carbocycles. The van der Waals surface area contributed by atoms with Crippen LogP contribution in [0.15, 0.2) is 29.2 Å². The minimum Gasteiger partial charge on any atom is -0.365 e. The lowest BCUT2D eigenvalue weighted by molar-refractivity contribution is -0.385. The van der Waals surface area contributed by atoms with Crippen LogP contribution in [0.25, 0.3) is 0 Å². The van der Waals surface area contributed by atoms with Crippen LogP contribution < -0.4 is 5.32 Å². The number of nitrogens with one attached hydrogen (secondary N) is 1. The standard InChI is InChI=1S/C13H13N5O3S/c19-13(11-7-22-8-15-11)17-4-3-9(6-17)16-12-2-1-10(5-14-12)18(20)21/h1-2,5,7-9H,3-4,6H2,(H,14,16). The van der Waals surface area contributed by atoms with Gasteiger partial charge in [0.25, 0.3) is 11.6 Å². The summed E-state index contributed by atoms with van der Waals surface area (Å²) in [6.45, 7) is 1.22. The number of hydrogen-bond acceptors (Lipinski definition) is 7. The van der Waals surface area contributed by atoms with E-state index in [1.165, 1.54) is 23.6 Å². The summed E-state index contributed by atoms with van der Waals surface area (Å²) in [6, 6.07) is 3.06. The van der Waals surface area contributed by atoms with Crippen molar-refractivity contribution in [3.63, 3.8) is 0 Å². The number of pyridine rings is 1. The van der Waals surface area contributed by atoms with E-state index in [0.29, 0.717) is 24.6 Å². The van der Waals surface area contributed by atoms with E-state index in [1.54, 1.807) is 21.9 Å². The molecular weight excluding hydrogens is 306 g/mol. The number of amides is 1. The fraction of sp³-hybridized carbons (Fsp3) is 0.308. The van der Waals surface area contributed by atoms with E-state index in [0.717, 1.165) is 6.42 Å². The first-order valence-electron chi connectivity index (χ1n) is 6.68. The lowest BCUT2D eigenvalue weighted by Crippen LogP contribution is -2.31. The van der Waals surface area contributed by atoms with Gasteiger partial charge in [-0.15, -0.1) is 11.3 Å². The molecule has 2 aromatic rings. The zero-order chi connectivity index (χ0) is 15.5. The normalized spacial score (nSPS) is 17.5. The summed E-state index contributed by atoms with van der Waals surface area (Å²) in [5.41, 5.74) is 2.07. The Balaban J connectivity index is 1.59. The molecule has 1 N–H and O–H groups in total. The van der Waals surface area contributed by atoms with Crippen molar-refractivity contribution in [2.75, 3.05) is 18.4 Å². The summed E-state index contributed by atoms with van der Waals surface area (Å²) >= 11 is 1.39. The van der Waals surface area contributed by atoms with Crippen LogP contribution in [0.3, 0.4) is 0 Å². The van der Waals surface area contributed by atoms with Gasteiger partial charge in [0, 0.05) is 30.6 Å². The predicted octanol–water partition coefficient (Wildman–Crippen LogP) is 1.77. The van der Waals surface area contributed by atoms with Crippen molar-refractivity contribution >= 4 is 28.7 Å². The number of hydrogen-bond donors (Lipinski definition) is 1.